The minimum atomic E-state index is -4.95. The summed E-state index contributed by atoms with van der Waals surface area (Å²) < 4.78 is 68.2. The standard InChI is InChI=1S/C70H136O17P2/c1-6-9-12-15-18-20-22-24-26-30-34-39-44-49-54-68(73)81-60-66(87-70(75)56-51-46-41-36-32-28-27-29-33-38-42-47-52-63(4)5)62-85-89(78,79)83-58-64(71)57-82-88(76,77)84-61-65(59-80-67(72)53-48-43-37-17-14-11-8-3)86-69(74)55-50-45-40-35-31-25-23-21-19-16-13-10-7-2/h63-66,71H,6-62H2,1-5H3,(H,76,77)(H,78,79)/t64-,65+,66+/m0/s1. The molecule has 19 heteroatoms. The van der Waals surface area contributed by atoms with Crippen molar-refractivity contribution in [3.05, 3.63) is 0 Å². The highest BCUT2D eigenvalue weighted by atomic mass is 31.2. The summed E-state index contributed by atoms with van der Waals surface area (Å²) in [5.41, 5.74) is 0. The Labute approximate surface area is 543 Å². The zero-order valence-electron chi connectivity index (χ0n) is 57.6. The smallest absolute Gasteiger partial charge is 0.462 e. The number of esters is 4. The topological polar surface area (TPSA) is 237 Å². The predicted molar refractivity (Wildman–Crippen MR) is 358 cm³/mol. The molecule has 0 aliphatic heterocycles. The van der Waals surface area contributed by atoms with Crippen molar-refractivity contribution in [3.8, 4) is 0 Å². The van der Waals surface area contributed by atoms with E-state index in [4.69, 9.17) is 37.0 Å². The van der Waals surface area contributed by atoms with E-state index >= 15 is 0 Å². The average Bonchev–Trinajstić information content (AvgIpc) is 3.71. The number of unbranched alkanes of at least 4 members (excludes halogenated alkanes) is 42. The maximum Gasteiger partial charge on any atom is 0.472 e. The van der Waals surface area contributed by atoms with Crippen LogP contribution in [0.1, 0.15) is 362 Å². The summed E-state index contributed by atoms with van der Waals surface area (Å²) >= 11 is 0. The number of ether oxygens (including phenoxy) is 4. The van der Waals surface area contributed by atoms with Gasteiger partial charge in [-0.25, -0.2) is 9.13 Å². The van der Waals surface area contributed by atoms with Crippen LogP contribution in [0.25, 0.3) is 0 Å². The quantitative estimate of drug-likeness (QED) is 0.0222. The lowest BCUT2D eigenvalue weighted by molar-refractivity contribution is -0.161. The molecule has 89 heavy (non-hydrogen) atoms. The molecule has 0 aliphatic rings. The van der Waals surface area contributed by atoms with Gasteiger partial charge in [-0.15, -0.1) is 0 Å². The first-order valence-electron chi connectivity index (χ1n) is 36.6. The van der Waals surface area contributed by atoms with Crippen molar-refractivity contribution in [3.63, 3.8) is 0 Å². The van der Waals surface area contributed by atoms with E-state index in [1.807, 2.05) is 0 Å². The number of aliphatic hydroxyl groups is 1. The van der Waals surface area contributed by atoms with E-state index in [-0.39, 0.29) is 25.7 Å². The van der Waals surface area contributed by atoms with Gasteiger partial charge in [0.2, 0.25) is 0 Å². The predicted octanol–water partition coefficient (Wildman–Crippen LogP) is 20.1. The van der Waals surface area contributed by atoms with Crippen molar-refractivity contribution >= 4 is 39.5 Å². The van der Waals surface area contributed by atoms with Gasteiger partial charge in [0, 0.05) is 25.7 Å². The molecule has 528 valence electrons. The van der Waals surface area contributed by atoms with E-state index in [1.54, 1.807) is 0 Å². The van der Waals surface area contributed by atoms with Gasteiger partial charge in [0.05, 0.1) is 26.4 Å². The van der Waals surface area contributed by atoms with E-state index in [2.05, 4.69) is 34.6 Å². The Kier molecular flexibility index (Phi) is 62.1. The molecule has 0 saturated heterocycles. The van der Waals surface area contributed by atoms with Crippen molar-refractivity contribution in [2.45, 2.75) is 380 Å². The lowest BCUT2D eigenvalue weighted by Crippen LogP contribution is -2.30. The molecule has 0 radical (unpaired) electrons. The maximum atomic E-state index is 13.0. The van der Waals surface area contributed by atoms with E-state index in [9.17, 15) is 43.2 Å². The monoisotopic (exact) mass is 1310 g/mol. The molecule has 0 rings (SSSR count). The van der Waals surface area contributed by atoms with Crippen molar-refractivity contribution in [2.75, 3.05) is 39.6 Å². The minimum absolute atomic E-state index is 0.107. The third-order valence-corrected chi connectivity index (χ3v) is 18.2. The first kappa shape index (κ1) is 87.1. The molecule has 0 aromatic rings. The molecular weight excluding hydrogens is 1170 g/mol. The fourth-order valence-corrected chi connectivity index (χ4v) is 12.2. The summed E-state index contributed by atoms with van der Waals surface area (Å²) in [5.74, 6) is -1.35. The number of hydrogen-bond acceptors (Lipinski definition) is 15. The van der Waals surface area contributed by atoms with Crippen molar-refractivity contribution in [1.29, 1.82) is 0 Å². The van der Waals surface area contributed by atoms with Crippen molar-refractivity contribution in [2.24, 2.45) is 5.92 Å². The highest BCUT2D eigenvalue weighted by Gasteiger charge is 2.30. The van der Waals surface area contributed by atoms with Gasteiger partial charge in [-0.05, 0) is 31.6 Å². The number of aliphatic hydroxyl groups excluding tert-OH is 1. The molecule has 0 spiro atoms. The van der Waals surface area contributed by atoms with Crippen molar-refractivity contribution < 1.29 is 80.2 Å². The first-order valence-corrected chi connectivity index (χ1v) is 39.6. The zero-order valence-corrected chi connectivity index (χ0v) is 59.4. The van der Waals surface area contributed by atoms with E-state index in [0.717, 1.165) is 109 Å². The molecule has 0 aliphatic carbocycles. The number of hydrogen-bond donors (Lipinski definition) is 3. The number of carbonyl (C=O) groups is 4. The Morgan fingerprint density at radius 3 is 0.764 bits per heavy atom. The molecule has 0 fully saturated rings. The Bertz CT molecular complexity index is 1720. The second-order valence-corrected chi connectivity index (χ2v) is 28.7. The molecule has 0 heterocycles. The van der Waals surface area contributed by atoms with Gasteiger partial charge in [-0.1, -0.05) is 311 Å². The third-order valence-electron chi connectivity index (χ3n) is 16.3. The van der Waals surface area contributed by atoms with Gasteiger partial charge in [-0.3, -0.25) is 37.3 Å². The van der Waals surface area contributed by atoms with Crippen LogP contribution in [0.4, 0.5) is 0 Å². The molecular formula is C70H136O17P2. The number of phosphoric ester groups is 2. The molecule has 0 amide bonds. The second-order valence-electron chi connectivity index (χ2n) is 25.7. The first-order chi connectivity index (χ1) is 43.0. The highest BCUT2D eigenvalue weighted by Crippen LogP contribution is 2.45. The summed E-state index contributed by atoms with van der Waals surface area (Å²) in [6.45, 7) is 7.23. The van der Waals surface area contributed by atoms with E-state index in [0.29, 0.717) is 25.7 Å². The Morgan fingerprint density at radius 2 is 0.517 bits per heavy atom. The summed E-state index contributed by atoms with van der Waals surface area (Å²) in [6, 6.07) is 0. The zero-order chi connectivity index (χ0) is 65.6. The van der Waals surface area contributed by atoms with Crippen LogP contribution in [0.15, 0.2) is 0 Å². The van der Waals surface area contributed by atoms with Crippen LogP contribution in [-0.2, 0) is 65.4 Å². The fourth-order valence-electron chi connectivity index (χ4n) is 10.6. The van der Waals surface area contributed by atoms with Crippen LogP contribution >= 0.6 is 15.6 Å². The fraction of sp³-hybridized carbons (Fsp3) is 0.943. The van der Waals surface area contributed by atoms with Crippen molar-refractivity contribution in [1.82, 2.24) is 0 Å². The summed E-state index contributed by atoms with van der Waals surface area (Å²) in [5, 5.41) is 10.6. The Hall–Kier alpha value is -1.94. The number of phosphoric acid groups is 2. The highest BCUT2D eigenvalue weighted by molar-refractivity contribution is 7.47. The molecule has 0 aromatic carbocycles. The molecule has 2 unspecified atom stereocenters. The number of carbonyl (C=O) groups excluding carboxylic acids is 4. The summed E-state index contributed by atoms with van der Waals surface area (Å²) in [6.07, 6.45) is 49.9. The lowest BCUT2D eigenvalue weighted by Gasteiger charge is -2.21. The van der Waals surface area contributed by atoms with Gasteiger partial charge in [-0.2, -0.15) is 0 Å². The van der Waals surface area contributed by atoms with Crippen LogP contribution in [-0.4, -0.2) is 96.7 Å². The normalized spacial score (nSPS) is 14.1. The number of rotatable bonds is 70. The van der Waals surface area contributed by atoms with Crippen LogP contribution in [0.5, 0.6) is 0 Å². The van der Waals surface area contributed by atoms with Crippen LogP contribution in [0.3, 0.4) is 0 Å². The summed E-state index contributed by atoms with van der Waals surface area (Å²) in [7, 11) is -9.89. The Balaban J connectivity index is 5.21. The van der Waals surface area contributed by atoms with Crippen LogP contribution < -0.4 is 0 Å². The molecule has 0 bridgehead atoms. The second kappa shape index (κ2) is 63.5. The molecule has 3 N–H and O–H groups in total. The van der Waals surface area contributed by atoms with Crippen LogP contribution in [0, 0.1) is 5.92 Å². The Morgan fingerprint density at radius 1 is 0.303 bits per heavy atom. The van der Waals surface area contributed by atoms with Gasteiger partial charge < -0.3 is 33.8 Å². The minimum Gasteiger partial charge on any atom is -0.462 e. The molecule has 5 atom stereocenters. The van der Waals surface area contributed by atoms with Crippen LogP contribution in [0.2, 0.25) is 0 Å². The lowest BCUT2D eigenvalue weighted by atomic mass is 10.0. The van der Waals surface area contributed by atoms with Gasteiger partial charge >= 0.3 is 39.5 Å². The average molecular weight is 1310 g/mol. The molecule has 17 nitrogen and oxygen atoms in total. The van der Waals surface area contributed by atoms with Gasteiger partial charge in [0.15, 0.2) is 12.2 Å². The molecule has 0 aromatic heterocycles. The summed E-state index contributed by atoms with van der Waals surface area (Å²) in [4.78, 5) is 72.4. The van der Waals surface area contributed by atoms with Gasteiger partial charge in [0.25, 0.3) is 0 Å². The van der Waals surface area contributed by atoms with E-state index in [1.165, 1.54) is 173 Å². The SMILES string of the molecule is CCCCCCCCCCCCCCCCC(=O)OC[C@H](COP(=O)(O)OC[C@@H](O)COP(=O)(O)OC[C@@H](COC(=O)CCCCCCCCC)OC(=O)CCCCCCCCCCCCCCC)OC(=O)CCCCCCCCCCCCCCC(C)C. The van der Waals surface area contributed by atoms with E-state index < -0.39 is 97.5 Å². The molecule has 0 saturated carbocycles. The van der Waals surface area contributed by atoms with Gasteiger partial charge in [0.1, 0.15) is 19.3 Å². The third kappa shape index (κ3) is 64.6. The maximum absolute atomic E-state index is 13.0. The largest absolute Gasteiger partial charge is 0.472 e.